The van der Waals surface area contributed by atoms with E-state index in [0.29, 0.717) is 47.8 Å². The molecule has 2 aromatic carbocycles. The fourth-order valence-electron chi connectivity index (χ4n) is 4.05. The van der Waals surface area contributed by atoms with Crippen LogP contribution in [-0.2, 0) is 12.8 Å². The summed E-state index contributed by atoms with van der Waals surface area (Å²) < 4.78 is 17.2. The van der Waals surface area contributed by atoms with E-state index < -0.39 is 0 Å². The van der Waals surface area contributed by atoms with Crippen molar-refractivity contribution in [1.29, 1.82) is 0 Å². The first-order chi connectivity index (χ1) is 16.1. The summed E-state index contributed by atoms with van der Waals surface area (Å²) in [6.45, 7) is 7.05. The number of nitrogens with zero attached hydrogens (tertiary/aromatic N) is 1. The van der Waals surface area contributed by atoms with Crippen LogP contribution in [0.25, 0.3) is 11.3 Å². The molecule has 0 atom stereocenters. The molecule has 3 aromatic rings. The fourth-order valence-corrected chi connectivity index (χ4v) is 4.76. The second-order valence-electron chi connectivity index (χ2n) is 7.78. The van der Waals surface area contributed by atoms with Crippen LogP contribution < -0.4 is 19.5 Å². The SMILES string of the molecule is CCOc1cc(C(=O)Nc2nc(-c3ccc4c(c3)CCCC4)cs2)cc(OCC)c1OCC. The standard InChI is InChI=1S/C26H30N2O4S/c1-4-30-22-14-20(15-23(31-5-2)24(22)32-6-3)25(29)28-26-27-21(16-33-26)19-12-11-17-9-7-8-10-18(17)13-19/h11-16H,4-10H2,1-3H3,(H,27,28,29). The van der Waals surface area contributed by atoms with Crippen LogP contribution in [0, 0.1) is 0 Å². The number of anilines is 1. The van der Waals surface area contributed by atoms with Gasteiger partial charge in [-0.25, -0.2) is 4.98 Å². The number of nitrogens with one attached hydrogen (secondary N) is 1. The number of thiazole rings is 1. The maximum atomic E-state index is 13.0. The summed E-state index contributed by atoms with van der Waals surface area (Å²) in [6, 6.07) is 9.95. The van der Waals surface area contributed by atoms with Crippen molar-refractivity contribution < 1.29 is 19.0 Å². The van der Waals surface area contributed by atoms with Crippen molar-refractivity contribution in [3.05, 3.63) is 52.4 Å². The molecule has 174 valence electrons. The number of carbonyl (C=O) groups excluding carboxylic acids is 1. The van der Waals surface area contributed by atoms with Gasteiger partial charge in [-0.15, -0.1) is 11.3 Å². The van der Waals surface area contributed by atoms with E-state index in [1.165, 1.54) is 35.3 Å². The van der Waals surface area contributed by atoms with Crippen LogP contribution in [0.2, 0.25) is 0 Å². The molecule has 0 spiro atoms. The normalized spacial score (nSPS) is 12.7. The van der Waals surface area contributed by atoms with Crippen molar-refractivity contribution in [2.45, 2.75) is 46.5 Å². The predicted molar refractivity (Wildman–Crippen MR) is 132 cm³/mol. The molecule has 4 rings (SSSR count). The second-order valence-corrected chi connectivity index (χ2v) is 8.64. The Hall–Kier alpha value is -3.06. The topological polar surface area (TPSA) is 69.7 Å². The Morgan fingerprint density at radius 2 is 1.61 bits per heavy atom. The van der Waals surface area contributed by atoms with Crippen LogP contribution in [0.4, 0.5) is 5.13 Å². The molecule has 0 bridgehead atoms. The molecule has 0 saturated carbocycles. The van der Waals surface area contributed by atoms with Gasteiger partial charge in [0.1, 0.15) is 0 Å². The van der Waals surface area contributed by atoms with Gasteiger partial charge in [0.2, 0.25) is 5.75 Å². The van der Waals surface area contributed by atoms with E-state index in [9.17, 15) is 4.79 Å². The maximum Gasteiger partial charge on any atom is 0.257 e. The highest BCUT2D eigenvalue weighted by Gasteiger charge is 2.19. The van der Waals surface area contributed by atoms with Gasteiger partial charge >= 0.3 is 0 Å². The fraction of sp³-hybridized carbons (Fsp3) is 0.385. The van der Waals surface area contributed by atoms with E-state index in [1.807, 2.05) is 26.2 Å². The van der Waals surface area contributed by atoms with Crippen LogP contribution in [0.5, 0.6) is 17.2 Å². The number of carbonyl (C=O) groups is 1. The third kappa shape index (κ3) is 5.30. The predicted octanol–water partition coefficient (Wildman–Crippen LogP) is 6.14. The van der Waals surface area contributed by atoms with Crippen LogP contribution >= 0.6 is 11.3 Å². The zero-order valence-electron chi connectivity index (χ0n) is 19.4. The molecule has 1 aliphatic rings. The number of ether oxygens (including phenoxy) is 3. The van der Waals surface area contributed by atoms with Gasteiger partial charge in [-0.1, -0.05) is 12.1 Å². The summed E-state index contributed by atoms with van der Waals surface area (Å²) in [6.07, 6.45) is 4.79. The average Bonchev–Trinajstić information content (AvgIpc) is 3.29. The lowest BCUT2D eigenvalue weighted by Gasteiger charge is -2.17. The summed E-state index contributed by atoms with van der Waals surface area (Å²) >= 11 is 1.41. The van der Waals surface area contributed by atoms with Gasteiger partial charge in [0.05, 0.1) is 25.5 Å². The van der Waals surface area contributed by atoms with Gasteiger partial charge in [0.25, 0.3) is 5.91 Å². The van der Waals surface area contributed by atoms with E-state index in [1.54, 1.807) is 12.1 Å². The Morgan fingerprint density at radius 3 is 2.27 bits per heavy atom. The number of aromatic nitrogens is 1. The van der Waals surface area contributed by atoms with E-state index in [0.717, 1.165) is 24.1 Å². The second kappa shape index (κ2) is 10.7. The lowest BCUT2D eigenvalue weighted by atomic mass is 9.90. The van der Waals surface area contributed by atoms with Crippen LogP contribution in [0.3, 0.4) is 0 Å². The Morgan fingerprint density at radius 1 is 0.939 bits per heavy atom. The third-order valence-electron chi connectivity index (χ3n) is 5.54. The van der Waals surface area contributed by atoms with Crippen molar-refractivity contribution in [2.75, 3.05) is 25.1 Å². The molecule has 0 radical (unpaired) electrons. The summed E-state index contributed by atoms with van der Waals surface area (Å²) in [4.78, 5) is 17.7. The summed E-state index contributed by atoms with van der Waals surface area (Å²) in [5, 5.41) is 5.45. The molecule has 1 N–H and O–H groups in total. The first-order valence-corrected chi connectivity index (χ1v) is 12.5. The quantitative estimate of drug-likeness (QED) is 0.410. The Bertz CT molecular complexity index is 1100. The highest BCUT2D eigenvalue weighted by Crippen LogP contribution is 2.39. The number of fused-ring (bicyclic) bond motifs is 1. The smallest absolute Gasteiger partial charge is 0.257 e. The first-order valence-electron chi connectivity index (χ1n) is 11.6. The molecule has 1 aromatic heterocycles. The molecule has 1 amide bonds. The molecule has 0 fully saturated rings. The van der Waals surface area contributed by atoms with E-state index >= 15 is 0 Å². The van der Waals surface area contributed by atoms with Crippen LogP contribution in [0.15, 0.2) is 35.7 Å². The molecule has 1 aliphatic carbocycles. The minimum absolute atomic E-state index is 0.272. The molecule has 0 saturated heterocycles. The van der Waals surface area contributed by atoms with Gasteiger partial charge in [-0.05, 0) is 75.8 Å². The minimum atomic E-state index is -0.272. The number of aryl methyl sites for hydroxylation is 2. The highest BCUT2D eigenvalue weighted by molar-refractivity contribution is 7.14. The summed E-state index contributed by atoms with van der Waals surface area (Å²) in [7, 11) is 0. The number of amides is 1. The zero-order valence-corrected chi connectivity index (χ0v) is 20.2. The summed E-state index contributed by atoms with van der Waals surface area (Å²) in [5.41, 5.74) is 5.25. The molecule has 6 nitrogen and oxygen atoms in total. The van der Waals surface area contributed by atoms with Gasteiger partial charge in [0, 0.05) is 16.5 Å². The van der Waals surface area contributed by atoms with Crippen molar-refractivity contribution in [3.8, 4) is 28.5 Å². The molecule has 0 unspecified atom stereocenters. The molecule has 7 heteroatoms. The van der Waals surface area contributed by atoms with Crippen molar-refractivity contribution in [2.24, 2.45) is 0 Å². The van der Waals surface area contributed by atoms with Gasteiger partial charge < -0.3 is 14.2 Å². The van der Waals surface area contributed by atoms with E-state index in [-0.39, 0.29) is 5.91 Å². The maximum absolute atomic E-state index is 13.0. The lowest BCUT2D eigenvalue weighted by Crippen LogP contribution is -2.13. The van der Waals surface area contributed by atoms with Gasteiger partial charge in [-0.3, -0.25) is 10.1 Å². The molecular weight excluding hydrogens is 436 g/mol. The molecule has 33 heavy (non-hydrogen) atoms. The van der Waals surface area contributed by atoms with Crippen molar-refractivity contribution in [1.82, 2.24) is 4.98 Å². The zero-order chi connectivity index (χ0) is 23.2. The third-order valence-corrected chi connectivity index (χ3v) is 6.30. The van der Waals surface area contributed by atoms with Gasteiger partial charge in [0.15, 0.2) is 16.6 Å². The van der Waals surface area contributed by atoms with Gasteiger partial charge in [-0.2, -0.15) is 0 Å². The monoisotopic (exact) mass is 466 g/mol. The minimum Gasteiger partial charge on any atom is -0.490 e. The molecule has 1 heterocycles. The summed E-state index contributed by atoms with van der Waals surface area (Å²) in [5.74, 6) is 1.22. The van der Waals surface area contributed by atoms with Crippen LogP contribution in [-0.4, -0.2) is 30.7 Å². The van der Waals surface area contributed by atoms with E-state index in [2.05, 4.69) is 28.5 Å². The van der Waals surface area contributed by atoms with Crippen molar-refractivity contribution in [3.63, 3.8) is 0 Å². The van der Waals surface area contributed by atoms with Crippen molar-refractivity contribution >= 4 is 22.4 Å². The average molecular weight is 467 g/mol. The Balaban J connectivity index is 1.55. The van der Waals surface area contributed by atoms with Crippen LogP contribution in [0.1, 0.15) is 55.1 Å². The first kappa shape index (κ1) is 23.1. The number of hydrogen-bond acceptors (Lipinski definition) is 6. The number of benzene rings is 2. The lowest BCUT2D eigenvalue weighted by molar-refractivity contribution is 0.102. The Kier molecular flexibility index (Phi) is 7.50. The Labute approximate surface area is 198 Å². The largest absolute Gasteiger partial charge is 0.490 e. The molecular formula is C26H30N2O4S. The number of rotatable bonds is 9. The number of hydrogen-bond donors (Lipinski definition) is 1. The van der Waals surface area contributed by atoms with E-state index in [4.69, 9.17) is 14.2 Å². The highest BCUT2D eigenvalue weighted by atomic mass is 32.1. The molecule has 0 aliphatic heterocycles.